The standard InChI is InChI=1S/C13H13F2N3O2S/c1-7(17-11(19)9-6-21-13(16)18-9)8-4-2-3-5-10(8)20-12(14)15/h2-7,12H,1H3,(H2,16,18)(H,17,19). The molecule has 2 aromatic rings. The Labute approximate surface area is 123 Å². The molecule has 0 fully saturated rings. The number of ether oxygens (including phenoxy) is 1. The predicted molar refractivity (Wildman–Crippen MR) is 75.5 cm³/mol. The van der Waals surface area contributed by atoms with Gasteiger partial charge in [-0.05, 0) is 13.0 Å². The summed E-state index contributed by atoms with van der Waals surface area (Å²) in [5.74, 6) is -0.402. The number of carbonyl (C=O) groups excluding carboxylic acids is 1. The van der Waals surface area contributed by atoms with E-state index >= 15 is 0 Å². The number of para-hydroxylation sites is 1. The van der Waals surface area contributed by atoms with Gasteiger partial charge < -0.3 is 15.8 Å². The number of carbonyl (C=O) groups is 1. The number of rotatable bonds is 5. The third kappa shape index (κ3) is 3.88. The summed E-state index contributed by atoms with van der Waals surface area (Å²) in [6.07, 6.45) is 0. The first-order valence-electron chi connectivity index (χ1n) is 6.03. The van der Waals surface area contributed by atoms with Gasteiger partial charge in [0.15, 0.2) is 5.13 Å². The number of anilines is 1. The predicted octanol–water partition coefficient (Wildman–Crippen LogP) is 2.82. The summed E-state index contributed by atoms with van der Waals surface area (Å²) in [5.41, 5.74) is 6.11. The number of thiazole rings is 1. The second-order valence-corrected chi connectivity index (χ2v) is 5.07. The molecule has 0 aliphatic heterocycles. The molecular weight excluding hydrogens is 300 g/mol. The fourth-order valence-electron chi connectivity index (χ4n) is 1.78. The zero-order chi connectivity index (χ0) is 15.4. The molecule has 0 saturated carbocycles. The number of halogens is 2. The SMILES string of the molecule is CC(NC(=O)c1csc(N)n1)c1ccccc1OC(F)F. The zero-order valence-electron chi connectivity index (χ0n) is 11.0. The Bertz CT molecular complexity index is 633. The topological polar surface area (TPSA) is 77.2 Å². The van der Waals surface area contributed by atoms with E-state index in [4.69, 9.17) is 5.73 Å². The Morgan fingerprint density at radius 1 is 1.43 bits per heavy atom. The van der Waals surface area contributed by atoms with Crippen LogP contribution < -0.4 is 15.8 Å². The maximum absolute atomic E-state index is 12.4. The van der Waals surface area contributed by atoms with Crippen molar-refractivity contribution in [2.45, 2.75) is 19.6 Å². The normalized spacial score (nSPS) is 12.2. The van der Waals surface area contributed by atoms with Crippen LogP contribution >= 0.6 is 11.3 Å². The first-order valence-corrected chi connectivity index (χ1v) is 6.91. The lowest BCUT2D eigenvalue weighted by atomic mass is 10.1. The Morgan fingerprint density at radius 3 is 2.76 bits per heavy atom. The van der Waals surface area contributed by atoms with Crippen LogP contribution in [0.25, 0.3) is 0 Å². The van der Waals surface area contributed by atoms with Crippen molar-refractivity contribution >= 4 is 22.4 Å². The smallest absolute Gasteiger partial charge is 0.387 e. The van der Waals surface area contributed by atoms with E-state index in [1.165, 1.54) is 11.4 Å². The molecule has 1 amide bonds. The molecule has 112 valence electrons. The van der Waals surface area contributed by atoms with Gasteiger partial charge in [-0.25, -0.2) is 4.98 Å². The van der Waals surface area contributed by atoms with E-state index in [-0.39, 0.29) is 16.6 Å². The van der Waals surface area contributed by atoms with Crippen LogP contribution in [0, 0.1) is 0 Å². The van der Waals surface area contributed by atoms with Crippen molar-refractivity contribution in [3.8, 4) is 5.75 Å². The van der Waals surface area contributed by atoms with Gasteiger partial charge in [0.1, 0.15) is 11.4 Å². The highest BCUT2D eigenvalue weighted by atomic mass is 32.1. The van der Waals surface area contributed by atoms with E-state index in [9.17, 15) is 13.6 Å². The second-order valence-electron chi connectivity index (χ2n) is 4.18. The van der Waals surface area contributed by atoms with Crippen LogP contribution in [0.1, 0.15) is 29.0 Å². The summed E-state index contributed by atoms with van der Waals surface area (Å²) < 4.78 is 29.2. The van der Waals surface area contributed by atoms with Gasteiger partial charge in [-0.1, -0.05) is 18.2 Å². The quantitative estimate of drug-likeness (QED) is 0.890. The van der Waals surface area contributed by atoms with Crippen molar-refractivity contribution in [3.63, 3.8) is 0 Å². The third-order valence-corrected chi connectivity index (χ3v) is 3.38. The maximum atomic E-state index is 12.4. The van der Waals surface area contributed by atoms with Gasteiger partial charge in [0.25, 0.3) is 5.91 Å². The summed E-state index contributed by atoms with van der Waals surface area (Å²) in [7, 11) is 0. The Hall–Kier alpha value is -2.22. The molecule has 0 aliphatic rings. The molecule has 0 saturated heterocycles. The van der Waals surface area contributed by atoms with Crippen LogP contribution in [0.5, 0.6) is 5.75 Å². The molecule has 1 atom stereocenters. The molecule has 21 heavy (non-hydrogen) atoms. The summed E-state index contributed by atoms with van der Waals surface area (Å²) in [5, 5.41) is 4.48. The van der Waals surface area contributed by atoms with Gasteiger partial charge in [0.2, 0.25) is 0 Å². The van der Waals surface area contributed by atoms with E-state index in [0.29, 0.717) is 5.56 Å². The number of alkyl halides is 2. The van der Waals surface area contributed by atoms with E-state index in [0.717, 1.165) is 11.3 Å². The van der Waals surface area contributed by atoms with Crippen LogP contribution in [0.2, 0.25) is 0 Å². The third-order valence-electron chi connectivity index (χ3n) is 2.70. The van der Waals surface area contributed by atoms with Crippen LogP contribution in [0.15, 0.2) is 29.6 Å². The van der Waals surface area contributed by atoms with Crippen molar-refractivity contribution in [1.82, 2.24) is 10.3 Å². The summed E-state index contributed by atoms with van der Waals surface area (Å²) in [6, 6.07) is 5.77. The van der Waals surface area contributed by atoms with Crippen LogP contribution in [0.4, 0.5) is 13.9 Å². The minimum atomic E-state index is -2.92. The first kappa shape index (κ1) is 15.2. The fraction of sp³-hybridized carbons (Fsp3) is 0.231. The first-order chi connectivity index (χ1) is 9.97. The molecule has 1 aromatic heterocycles. The Kier molecular flexibility index (Phi) is 4.69. The highest BCUT2D eigenvalue weighted by Gasteiger charge is 2.18. The van der Waals surface area contributed by atoms with Gasteiger partial charge in [0.05, 0.1) is 6.04 Å². The number of hydrogen-bond acceptors (Lipinski definition) is 5. The summed E-state index contributed by atoms with van der Waals surface area (Å²) in [4.78, 5) is 15.8. The lowest BCUT2D eigenvalue weighted by molar-refractivity contribution is -0.0506. The monoisotopic (exact) mass is 313 g/mol. The Morgan fingerprint density at radius 2 is 2.14 bits per heavy atom. The minimum absolute atomic E-state index is 0.0260. The number of nitrogen functional groups attached to an aromatic ring is 1. The van der Waals surface area contributed by atoms with Crippen molar-refractivity contribution < 1.29 is 18.3 Å². The van der Waals surface area contributed by atoms with Crippen LogP contribution in [-0.4, -0.2) is 17.5 Å². The van der Waals surface area contributed by atoms with Crippen LogP contribution in [-0.2, 0) is 0 Å². The molecule has 1 heterocycles. The fourth-order valence-corrected chi connectivity index (χ4v) is 2.32. The number of amides is 1. The lowest BCUT2D eigenvalue weighted by Crippen LogP contribution is -2.27. The number of nitrogens with one attached hydrogen (secondary N) is 1. The molecule has 3 N–H and O–H groups in total. The van der Waals surface area contributed by atoms with E-state index in [1.54, 1.807) is 25.1 Å². The van der Waals surface area contributed by atoms with Crippen molar-refractivity contribution in [2.24, 2.45) is 0 Å². The van der Waals surface area contributed by atoms with Crippen LogP contribution in [0.3, 0.4) is 0 Å². The van der Waals surface area contributed by atoms with Crippen molar-refractivity contribution in [1.29, 1.82) is 0 Å². The minimum Gasteiger partial charge on any atom is -0.434 e. The van der Waals surface area contributed by atoms with Crippen molar-refractivity contribution in [2.75, 3.05) is 5.73 Å². The summed E-state index contributed by atoms with van der Waals surface area (Å²) in [6.45, 7) is -1.26. The largest absolute Gasteiger partial charge is 0.434 e. The zero-order valence-corrected chi connectivity index (χ0v) is 11.9. The molecule has 5 nitrogen and oxygen atoms in total. The van der Waals surface area contributed by atoms with Crippen molar-refractivity contribution in [3.05, 3.63) is 40.9 Å². The van der Waals surface area contributed by atoms with Gasteiger partial charge in [-0.3, -0.25) is 4.79 Å². The Balaban J connectivity index is 2.13. The number of nitrogens with two attached hydrogens (primary N) is 1. The molecule has 0 aliphatic carbocycles. The molecule has 2 rings (SSSR count). The molecule has 1 unspecified atom stereocenters. The molecule has 8 heteroatoms. The number of aromatic nitrogens is 1. The number of benzene rings is 1. The second kappa shape index (κ2) is 6.49. The molecular formula is C13H13F2N3O2S. The molecule has 0 spiro atoms. The molecule has 0 bridgehead atoms. The number of nitrogens with zero attached hydrogens (tertiary/aromatic N) is 1. The average molecular weight is 313 g/mol. The number of hydrogen-bond donors (Lipinski definition) is 2. The maximum Gasteiger partial charge on any atom is 0.387 e. The average Bonchev–Trinajstić information content (AvgIpc) is 2.85. The van der Waals surface area contributed by atoms with E-state index in [2.05, 4.69) is 15.0 Å². The van der Waals surface area contributed by atoms with Gasteiger partial charge in [0, 0.05) is 10.9 Å². The molecule has 1 aromatic carbocycles. The van der Waals surface area contributed by atoms with E-state index in [1.807, 2.05) is 0 Å². The summed E-state index contributed by atoms with van der Waals surface area (Å²) >= 11 is 1.15. The van der Waals surface area contributed by atoms with Gasteiger partial charge in [-0.2, -0.15) is 8.78 Å². The highest BCUT2D eigenvalue weighted by Crippen LogP contribution is 2.26. The van der Waals surface area contributed by atoms with Gasteiger partial charge in [-0.15, -0.1) is 11.3 Å². The lowest BCUT2D eigenvalue weighted by Gasteiger charge is -2.17. The highest BCUT2D eigenvalue weighted by molar-refractivity contribution is 7.13. The van der Waals surface area contributed by atoms with E-state index < -0.39 is 18.6 Å². The molecule has 0 radical (unpaired) electrons. The van der Waals surface area contributed by atoms with Gasteiger partial charge >= 0.3 is 6.61 Å².